The Kier molecular flexibility index (Phi) is 4.94. The molecular formula is C11H12F3NO3. The molecule has 18 heavy (non-hydrogen) atoms. The van der Waals surface area contributed by atoms with Gasteiger partial charge in [0.15, 0.2) is 5.69 Å². The maximum absolute atomic E-state index is 13.1. The van der Waals surface area contributed by atoms with Gasteiger partial charge < -0.3 is 9.47 Å². The number of esters is 1. The summed E-state index contributed by atoms with van der Waals surface area (Å²) in [5, 5.41) is 0. The summed E-state index contributed by atoms with van der Waals surface area (Å²) in [6, 6.07) is 0.877. The summed E-state index contributed by atoms with van der Waals surface area (Å²) in [6.07, 6.45) is -3.34. The second-order valence-corrected chi connectivity index (χ2v) is 3.31. The first kappa shape index (κ1) is 14.3. The number of hydrogen-bond acceptors (Lipinski definition) is 4. The highest BCUT2D eigenvalue weighted by atomic mass is 19.3. The number of alkyl halides is 2. The van der Waals surface area contributed by atoms with Gasteiger partial charge in [0.1, 0.15) is 5.75 Å². The lowest BCUT2D eigenvalue weighted by Gasteiger charge is -2.12. The first-order chi connectivity index (χ1) is 8.49. The second kappa shape index (κ2) is 6.23. The predicted octanol–water partition coefficient (Wildman–Crippen LogP) is 2.27. The Morgan fingerprint density at radius 3 is 2.67 bits per heavy atom. The number of pyridine rings is 1. The molecule has 0 bridgehead atoms. The van der Waals surface area contributed by atoms with Crippen molar-refractivity contribution in [3.8, 4) is 5.75 Å². The molecule has 0 radical (unpaired) electrons. The number of rotatable bonds is 5. The van der Waals surface area contributed by atoms with Crippen LogP contribution in [0.2, 0.25) is 0 Å². The van der Waals surface area contributed by atoms with Crippen molar-refractivity contribution in [2.75, 3.05) is 13.7 Å². The largest absolute Gasteiger partial charge is 0.494 e. The summed E-state index contributed by atoms with van der Waals surface area (Å²) in [5.41, 5.74) is -0.837. The monoisotopic (exact) mass is 263 g/mol. The number of ether oxygens (including phenoxy) is 2. The maximum atomic E-state index is 13.1. The average molecular weight is 263 g/mol. The Labute approximate surface area is 102 Å². The van der Waals surface area contributed by atoms with E-state index in [4.69, 9.17) is 4.74 Å². The van der Waals surface area contributed by atoms with Crippen molar-refractivity contribution < 1.29 is 27.4 Å². The summed E-state index contributed by atoms with van der Waals surface area (Å²) in [7, 11) is 1.15. The van der Waals surface area contributed by atoms with Crippen LogP contribution < -0.4 is 4.74 Å². The number of carbonyl (C=O) groups is 1. The lowest BCUT2D eigenvalue weighted by molar-refractivity contribution is -0.142. The van der Waals surface area contributed by atoms with E-state index in [0.29, 0.717) is 0 Å². The fourth-order valence-electron chi connectivity index (χ4n) is 1.45. The van der Waals surface area contributed by atoms with Gasteiger partial charge in [-0.3, -0.25) is 4.79 Å². The van der Waals surface area contributed by atoms with Gasteiger partial charge >= 0.3 is 5.97 Å². The van der Waals surface area contributed by atoms with E-state index in [2.05, 4.69) is 9.72 Å². The third-order valence-electron chi connectivity index (χ3n) is 2.10. The molecule has 7 heteroatoms. The zero-order chi connectivity index (χ0) is 13.7. The van der Waals surface area contributed by atoms with Crippen LogP contribution in [0.15, 0.2) is 6.07 Å². The zero-order valence-electron chi connectivity index (χ0n) is 9.87. The van der Waals surface area contributed by atoms with Crippen molar-refractivity contribution in [1.82, 2.24) is 4.98 Å². The van der Waals surface area contributed by atoms with Gasteiger partial charge in [-0.1, -0.05) is 0 Å². The molecule has 0 amide bonds. The summed E-state index contributed by atoms with van der Waals surface area (Å²) >= 11 is 0. The van der Waals surface area contributed by atoms with Crippen LogP contribution in [0.1, 0.15) is 24.6 Å². The lowest BCUT2D eigenvalue weighted by atomic mass is 10.1. The smallest absolute Gasteiger partial charge is 0.310 e. The number of carbonyl (C=O) groups excluding carboxylic acids is 1. The Hall–Kier alpha value is -1.79. The Morgan fingerprint density at radius 2 is 2.17 bits per heavy atom. The lowest BCUT2D eigenvalue weighted by Crippen LogP contribution is -2.11. The number of methoxy groups -OCH3 is 1. The Morgan fingerprint density at radius 1 is 1.50 bits per heavy atom. The Balaban J connectivity index is 3.13. The number of nitrogens with zero attached hydrogens (tertiary/aromatic N) is 1. The summed E-state index contributed by atoms with van der Waals surface area (Å²) in [5.74, 6) is -2.04. The summed E-state index contributed by atoms with van der Waals surface area (Å²) in [4.78, 5) is 14.3. The molecule has 1 heterocycles. The van der Waals surface area contributed by atoms with Gasteiger partial charge in [0.05, 0.1) is 20.1 Å². The van der Waals surface area contributed by atoms with E-state index in [1.807, 2.05) is 0 Å². The van der Waals surface area contributed by atoms with Crippen molar-refractivity contribution >= 4 is 5.97 Å². The maximum Gasteiger partial charge on any atom is 0.310 e. The van der Waals surface area contributed by atoms with Crippen molar-refractivity contribution in [1.29, 1.82) is 0 Å². The minimum atomic E-state index is -2.99. The molecule has 1 aromatic heterocycles. The van der Waals surface area contributed by atoms with Gasteiger partial charge in [-0.15, -0.1) is 0 Å². The molecule has 0 saturated carbocycles. The summed E-state index contributed by atoms with van der Waals surface area (Å²) < 4.78 is 47.8. The highest BCUT2D eigenvalue weighted by Crippen LogP contribution is 2.31. The molecule has 0 N–H and O–H groups in total. The molecule has 100 valence electrons. The molecule has 0 atom stereocenters. The molecule has 0 saturated heterocycles. The van der Waals surface area contributed by atoms with Crippen molar-refractivity contribution in [3.63, 3.8) is 0 Å². The summed E-state index contributed by atoms with van der Waals surface area (Å²) in [6.45, 7) is 1.75. The quantitative estimate of drug-likeness (QED) is 0.604. The number of aromatic nitrogens is 1. The minimum absolute atomic E-state index is 0.0150. The molecule has 1 rings (SSSR count). The fourth-order valence-corrected chi connectivity index (χ4v) is 1.45. The van der Waals surface area contributed by atoms with Gasteiger partial charge in [-0.25, -0.2) is 13.8 Å². The molecule has 0 aliphatic carbocycles. The zero-order valence-corrected chi connectivity index (χ0v) is 9.87. The van der Waals surface area contributed by atoms with E-state index in [9.17, 15) is 18.0 Å². The Bertz CT molecular complexity index is 438. The van der Waals surface area contributed by atoms with Crippen LogP contribution in [0, 0.1) is 5.95 Å². The number of hydrogen-bond donors (Lipinski definition) is 0. The van der Waals surface area contributed by atoms with Crippen LogP contribution >= 0.6 is 0 Å². The topological polar surface area (TPSA) is 48.4 Å². The average Bonchev–Trinajstić information content (AvgIpc) is 2.28. The first-order valence-corrected chi connectivity index (χ1v) is 5.16. The molecule has 0 spiro atoms. The van der Waals surface area contributed by atoms with Crippen LogP contribution in [0.5, 0.6) is 5.75 Å². The van der Waals surface area contributed by atoms with E-state index >= 15 is 0 Å². The van der Waals surface area contributed by atoms with Crippen LogP contribution in [-0.2, 0) is 16.0 Å². The van der Waals surface area contributed by atoms with Gasteiger partial charge in [-0.2, -0.15) is 4.39 Å². The number of halogens is 3. The van der Waals surface area contributed by atoms with Crippen molar-refractivity contribution in [2.24, 2.45) is 0 Å². The van der Waals surface area contributed by atoms with Crippen LogP contribution in [0.25, 0.3) is 0 Å². The van der Waals surface area contributed by atoms with Gasteiger partial charge in [0.25, 0.3) is 6.43 Å². The second-order valence-electron chi connectivity index (χ2n) is 3.31. The minimum Gasteiger partial charge on any atom is -0.494 e. The van der Waals surface area contributed by atoms with E-state index in [1.54, 1.807) is 6.92 Å². The third-order valence-corrected chi connectivity index (χ3v) is 2.10. The molecule has 0 aliphatic heterocycles. The molecule has 0 aromatic carbocycles. The molecule has 0 unspecified atom stereocenters. The van der Waals surface area contributed by atoms with Gasteiger partial charge in [0.2, 0.25) is 5.95 Å². The van der Waals surface area contributed by atoms with Crippen LogP contribution in [0.3, 0.4) is 0 Å². The van der Waals surface area contributed by atoms with E-state index < -0.39 is 24.0 Å². The molecule has 0 fully saturated rings. The first-order valence-electron chi connectivity index (χ1n) is 5.16. The van der Waals surface area contributed by atoms with E-state index in [1.165, 1.54) is 0 Å². The molecule has 4 nitrogen and oxygen atoms in total. The van der Waals surface area contributed by atoms with Gasteiger partial charge in [-0.05, 0) is 6.92 Å². The molecule has 1 aromatic rings. The van der Waals surface area contributed by atoms with Crippen LogP contribution in [0.4, 0.5) is 13.2 Å². The van der Waals surface area contributed by atoms with Crippen LogP contribution in [-0.4, -0.2) is 24.7 Å². The predicted molar refractivity (Wildman–Crippen MR) is 56.0 cm³/mol. The van der Waals surface area contributed by atoms with Crippen molar-refractivity contribution in [3.05, 3.63) is 23.3 Å². The van der Waals surface area contributed by atoms with Gasteiger partial charge in [0, 0.05) is 11.6 Å². The van der Waals surface area contributed by atoms with Crippen molar-refractivity contribution in [2.45, 2.75) is 19.8 Å². The third kappa shape index (κ3) is 3.35. The van der Waals surface area contributed by atoms with E-state index in [0.717, 1.165) is 13.2 Å². The normalized spacial score (nSPS) is 10.6. The highest BCUT2D eigenvalue weighted by Gasteiger charge is 2.22. The molecule has 0 aliphatic rings. The van der Waals surface area contributed by atoms with E-state index in [-0.39, 0.29) is 24.3 Å². The fraction of sp³-hybridized carbons (Fsp3) is 0.455. The standard InChI is InChI=1S/C11H12F3NO3/c1-3-18-8(16)5-6-4-7(12)15-9(11(13)14)10(6)17-2/h4,11H,3,5H2,1-2H3. The molecular weight excluding hydrogens is 251 g/mol. The SMILES string of the molecule is CCOC(=O)Cc1cc(F)nc(C(F)F)c1OC. The highest BCUT2D eigenvalue weighted by molar-refractivity contribution is 5.73.